The number of anilines is 1. The molecule has 1 saturated heterocycles. The quantitative estimate of drug-likeness (QED) is 0.851. The number of fused-ring (bicyclic) bond motifs is 1. The van der Waals surface area contributed by atoms with Crippen LogP contribution in [0.5, 0.6) is 5.75 Å². The Hall–Kier alpha value is -0.830. The number of rotatable bonds is 2. The van der Waals surface area contributed by atoms with Crippen LogP contribution in [0.1, 0.15) is 18.9 Å². The van der Waals surface area contributed by atoms with Crippen LogP contribution in [0.15, 0.2) is 18.2 Å². The predicted octanol–water partition coefficient (Wildman–Crippen LogP) is 2.93. The van der Waals surface area contributed by atoms with Gasteiger partial charge in [0.05, 0.1) is 5.69 Å². The number of ether oxygens (including phenoxy) is 1. The lowest BCUT2D eigenvalue weighted by Gasteiger charge is -2.26. The minimum atomic E-state index is 0.0318. The molecule has 2 aliphatic heterocycles. The van der Waals surface area contributed by atoms with E-state index in [9.17, 15) is 0 Å². The number of thioether (sulfide) groups is 1. The fourth-order valence-corrected chi connectivity index (χ4v) is 3.74. The summed E-state index contributed by atoms with van der Waals surface area (Å²) in [6, 6.07) is 6.38. The van der Waals surface area contributed by atoms with E-state index in [2.05, 4.69) is 30.4 Å². The van der Waals surface area contributed by atoms with Gasteiger partial charge in [0.15, 0.2) is 0 Å². The predicted molar refractivity (Wildman–Crippen MR) is 69.6 cm³/mol. The molecular formula is C13H17NOS. The zero-order chi connectivity index (χ0) is 11.0. The summed E-state index contributed by atoms with van der Waals surface area (Å²) in [5.74, 6) is 3.37. The third-order valence-electron chi connectivity index (χ3n) is 3.35. The molecule has 2 nitrogen and oxygen atoms in total. The highest BCUT2D eigenvalue weighted by Crippen LogP contribution is 2.38. The monoisotopic (exact) mass is 235 g/mol. The van der Waals surface area contributed by atoms with Gasteiger partial charge in [0, 0.05) is 12.3 Å². The number of benzene rings is 1. The summed E-state index contributed by atoms with van der Waals surface area (Å²) in [5, 5.41) is 3.43. The zero-order valence-corrected chi connectivity index (χ0v) is 10.4. The molecule has 1 unspecified atom stereocenters. The average Bonchev–Trinajstić information content (AvgIpc) is 2.87. The molecule has 1 aromatic rings. The Morgan fingerprint density at radius 2 is 2.38 bits per heavy atom. The summed E-state index contributed by atoms with van der Waals surface area (Å²) < 4.78 is 6.22. The lowest BCUT2D eigenvalue weighted by molar-refractivity contribution is 0.119. The van der Waals surface area contributed by atoms with Gasteiger partial charge in [-0.3, -0.25) is 0 Å². The molecule has 0 aliphatic carbocycles. The van der Waals surface area contributed by atoms with Crippen molar-refractivity contribution in [2.45, 2.75) is 25.4 Å². The van der Waals surface area contributed by atoms with Crippen molar-refractivity contribution in [2.75, 3.05) is 23.4 Å². The van der Waals surface area contributed by atoms with Crippen molar-refractivity contribution in [1.82, 2.24) is 0 Å². The van der Waals surface area contributed by atoms with Crippen LogP contribution >= 0.6 is 11.8 Å². The molecule has 86 valence electrons. The van der Waals surface area contributed by atoms with Gasteiger partial charge < -0.3 is 10.1 Å². The molecule has 1 aromatic carbocycles. The molecule has 0 spiro atoms. The van der Waals surface area contributed by atoms with Crippen molar-refractivity contribution in [2.24, 2.45) is 0 Å². The molecule has 1 N–H and O–H groups in total. The van der Waals surface area contributed by atoms with Gasteiger partial charge >= 0.3 is 0 Å². The van der Waals surface area contributed by atoms with Crippen molar-refractivity contribution in [1.29, 1.82) is 0 Å². The van der Waals surface area contributed by atoms with Gasteiger partial charge in [0.1, 0.15) is 11.4 Å². The lowest BCUT2D eigenvalue weighted by atomic mass is 10.1. The van der Waals surface area contributed by atoms with Crippen molar-refractivity contribution in [3.05, 3.63) is 23.8 Å². The minimum absolute atomic E-state index is 0.0318. The Morgan fingerprint density at radius 1 is 1.44 bits per heavy atom. The molecule has 2 heterocycles. The standard InChI is InChI=1S/C13H17NOS/c1-13(6-8-16-9-13)15-11-4-2-3-10-5-7-14-12(10)11/h2-4,14H,5-9H2,1H3. The molecule has 1 atom stereocenters. The number of para-hydroxylation sites is 1. The molecule has 0 amide bonds. The Kier molecular flexibility index (Phi) is 2.51. The summed E-state index contributed by atoms with van der Waals surface area (Å²) in [6.45, 7) is 3.27. The Bertz CT molecular complexity index is 399. The van der Waals surface area contributed by atoms with E-state index in [1.54, 1.807) is 0 Å². The second-order valence-corrected chi connectivity index (χ2v) is 5.93. The van der Waals surface area contributed by atoms with Crippen molar-refractivity contribution < 1.29 is 4.74 Å². The van der Waals surface area contributed by atoms with Crippen molar-refractivity contribution >= 4 is 17.4 Å². The van der Waals surface area contributed by atoms with E-state index in [4.69, 9.17) is 4.74 Å². The SMILES string of the molecule is CC1(Oc2cccc3c2NCC3)CCSC1. The Morgan fingerprint density at radius 3 is 3.19 bits per heavy atom. The van der Waals surface area contributed by atoms with E-state index in [1.807, 2.05) is 11.8 Å². The van der Waals surface area contributed by atoms with E-state index < -0.39 is 0 Å². The summed E-state index contributed by atoms with van der Waals surface area (Å²) in [5.41, 5.74) is 2.65. The van der Waals surface area contributed by atoms with Crippen LogP contribution in [0.3, 0.4) is 0 Å². The topological polar surface area (TPSA) is 21.3 Å². The van der Waals surface area contributed by atoms with Crippen LogP contribution in [0.2, 0.25) is 0 Å². The highest BCUT2D eigenvalue weighted by molar-refractivity contribution is 7.99. The highest BCUT2D eigenvalue weighted by atomic mass is 32.2. The third kappa shape index (κ3) is 1.77. The maximum atomic E-state index is 6.22. The summed E-state index contributed by atoms with van der Waals surface area (Å²) in [4.78, 5) is 0. The second kappa shape index (κ2) is 3.88. The molecule has 16 heavy (non-hydrogen) atoms. The van der Waals surface area contributed by atoms with Crippen molar-refractivity contribution in [3.8, 4) is 5.75 Å². The molecule has 0 bridgehead atoms. The van der Waals surface area contributed by atoms with Crippen LogP contribution in [0, 0.1) is 0 Å². The highest BCUT2D eigenvalue weighted by Gasteiger charge is 2.32. The number of hydrogen-bond acceptors (Lipinski definition) is 3. The van der Waals surface area contributed by atoms with Crippen LogP contribution < -0.4 is 10.1 Å². The smallest absolute Gasteiger partial charge is 0.143 e. The van der Waals surface area contributed by atoms with Crippen LogP contribution in [0.25, 0.3) is 0 Å². The van der Waals surface area contributed by atoms with Crippen LogP contribution in [-0.4, -0.2) is 23.7 Å². The van der Waals surface area contributed by atoms with E-state index in [0.29, 0.717) is 0 Å². The van der Waals surface area contributed by atoms with Gasteiger partial charge in [-0.25, -0.2) is 0 Å². The molecule has 1 fully saturated rings. The first-order valence-electron chi connectivity index (χ1n) is 5.89. The van der Waals surface area contributed by atoms with Gasteiger partial charge in [-0.15, -0.1) is 0 Å². The molecule has 0 aromatic heterocycles. The lowest BCUT2D eigenvalue weighted by Crippen LogP contribution is -2.31. The largest absolute Gasteiger partial charge is 0.485 e. The number of hydrogen-bond donors (Lipinski definition) is 1. The van der Waals surface area contributed by atoms with Crippen LogP contribution in [-0.2, 0) is 6.42 Å². The molecule has 3 rings (SSSR count). The van der Waals surface area contributed by atoms with Crippen molar-refractivity contribution in [3.63, 3.8) is 0 Å². The number of nitrogens with one attached hydrogen (secondary N) is 1. The average molecular weight is 235 g/mol. The van der Waals surface area contributed by atoms with E-state index in [1.165, 1.54) is 17.0 Å². The molecular weight excluding hydrogens is 218 g/mol. The van der Waals surface area contributed by atoms with Gasteiger partial charge in [-0.05, 0) is 37.1 Å². The maximum absolute atomic E-state index is 6.22. The second-order valence-electron chi connectivity index (χ2n) is 4.82. The van der Waals surface area contributed by atoms with Gasteiger partial charge in [-0.2, -0.15) is 11.8 Å². The molecule has 0 saturated carbocycles. The molecule has 0 radical (unpaired) electrons. The fourth-order valence-electron chi connectivity index (χ4n) is 2.39. The van der Waals surface area contributed by atoms with Gasteiger partial charge in [0.25, 0.3) is 0 Å². The van der Waals surface area contributed by atoms with E-state index in [0.717, 1.165) is 30.9 Å². The molecule has 2 aliphatic rings. The summed E-state index contributed by atoms with van der Waals surface area (Å²) in [6.07, 6.45) is 2.28. The Labute approximate surface area is 101 Å². The zero-order valence-electron chi connectivity index (χ0n) is 9.58. The fraction of sp³-hybridized carbons (Fsp3) is 0.538. The first kappa shape index (κ1) is 10.3. The third-order valence-corrected chi connectivity index (χ3v) is 4.66. The first-order chi connectivity index (χ1) is 7.77. The first-order valence-corrected chi connectivity index (χ1v) is 7.05. The van der Waals surface area contributed by atoms with Crippen LogP contribution in [0.4, 0.5) is 5.69 Å². The minimum Gasteiger partial charge on any atom is -0.485 e. The van der Waals surface area contributed by atoms with Gasteiger partial charge in [-0.1, -0.05) is 12.1 Å². The molecule has 3 heteroatoms. The maximum Gasteiger partial charge on any atom is 0.143 e. The normalized spacial score (nSPS) is 27.6. The van der Waals surface area contributed by atoms with Gasteiger partial charge in [0.2, 0.25) is 0 Å². The summed E-state index contributed by atoms with van der Waals surface area (Å²) in [7, 11) is 0. The van der Waals surface area contributed by atoms with E-state index in [-0.39, 0.29) is 5.60 Å². The summed E-state index contributed by atoms with van der Waals surface area (Å²) >= 11 is 1.99. The Balaban J connectivity index is 1.87. The van der Waals surface area contributed by atoms with E-state index >= 15 is 0 Å².